The second-order valence-electron chi connectivity index (χ2n) is 6.26. The summed E-state index contributed by atoms with van der Waals surface area (Å²) in [6, 6.07) is 4.98. The first-order valence-corrected chi connectivity index (χ1v) is 8.23. The van der Waals surface area contributed by atoms with E-state index in [4.69, 9.17) is 0 Å². The minimum Gasteiger partial charge on any atom is -0.367 e. The van der Waals surface area contributed by atoms with Gasteiger partial charge in [0.25, 0.3) is 5.91 Å². The fourth-order valence-corrected chi connectivity index (χ4v) is 3.45. The summed E-state index contributed by atoms with van der Waals surface area (Å²) in [5, 5.41) is 2.88. The number of fused-ring (bicyclic) bond motifs is 1. The van der Waals surface area contributed by atoms with Gasteiger partial charge in [-0.15, -0.1) is 0 Å². The first-order valence-electron chi connectivity index (χ1n) is 8.23. The fraction of sp³-hybridized carbons (Fsp3) is 0.278. The van der Waals surface area contributed by atoms with E-state index in [2.05, 4.69) is 15.3 Å². The Kier molecular flexibility index (Phi) is 3.56. The molecular weight excluding hydrogens is 318 g/mol. The van der Waals surface area contributed by atoms with Gasteiger partial charge < -0.3 is 19.6 Å². The molecule has 7 heteroatoms. The number of hydrogen-bond acceptors (Lipinski definition) is 3. The number of aromatic nitrogens is 3. The van der Waals surface area contributed by atoms with Crippen LogP contribution in [0.25, 0.3) is 5.65 Å². The molecular formula is C18H19N5O2. The Balaban J connectivity index is 1.84. The highest BCUT2D eigenvalue weighted by atomic mass is 16.2. The van der Waals surface area contributed by atoms with Crippen molar-refractivity contribution in [3.8, 4) is 0 Å². The summed E-state index contributed by atoms with van der Waals surface area (Å²) >= 11 is 0. The van der Waals surface area contributed by atoms with Gasteiger partial charge in [-0.3, -0.25) is 9.59 Å². The first kappa shape index (κ1) is 15.4. The lowest BCUT2D eigenvalue weighted by molar-refractivity contribution is -0.128. The second kappa shape index (κ2) is 5.77. The van der Waals surface area contributed by atoms with E-state index in [9.17, 15) is 9.59 Å². The van der Waals surface area contributed by atoms with E-state index in [1.807, 2.05) is 42.6 Å². The summed E-state index contributed by atoms with van der Waals surface area (Å²) < 4.78 is 1.88. The number of piperazine rings is 1. The molecule has 0 saturated carbocycles. The summed E-state index contributed by atoms with van der Waals surface area (Å²) in [6.07, 6.45) is 5.34. The number of nitrogens with one attached hydrogen (secondary N) is 2. The molecule has 0 spiro atoms. The van der Waals surface area contributed by atoms with Crippen molar-refractivity contribution in [1.29, 1.82) is 0 Å². The maximum Gasteiger partial charge on any atom is 0.256 e. The average molecular weight is 337 g/mol. The molecule has 0 aromatic carbocycles. The van der Waals surface area contributed by atoms with Crippen LogP contribution in [0.1, 0.15) is 33.4 Å². The minimum atomic E-state index is -0.701. The zero-order chi connectivity index (χ0) is 17.6. The quantitative estimate of drug-likeness (QED) is 0.745. The van der Waals surface area contributed by atoms with Crippen molar-refractivity contribution < 1.29 is 9.59 Å². The van der Waals surface area contributed by atoms with E-state index >= 15 is 0 Å². The van der Waals surface area contributed by atoms with Crippen LogP contribution < -0.4 is 5.32 Å². The molecule has 4 rings (SSSR count). The lowest BCUT2D eigenvalue weighted by Crippen LogP contribution is -2.52. The molecule has 0 aliphatic carbocycles. The van der Waals surface area contributed by atoms with Crippen LogP contribution in [-0.2, 0) is 4.79 Å². The van der Waals surface area contributed by atoms with E-state index in [0.29, 0.717) is 18.7 Å². The van der Waals surface area contributed by atoms with Gasteiger partial charge in [0, 0.05) is 31.7 Å². The van der Waals surface area contributed by atoms with Crippen LogP contribution in [0, 0.1) is 13.8 Å². The molecule has 128 valence electrons. The molecule has 3 aromatic heterocycles. The number of nitrogens with zero attached hydrogens (tertiary/aromatic N) is 3. The third-order valence-corrected chi connectivity index (χ3v) is 4.67. The van der Waals surface area contributed by atoms with Crippen molar-refractivity contribution in [1.82, 2.24) is 24.6 Å². The highest BCUT2D eigenvalue weighted by Gasteiger charge is 2.38. The zero-order valence-electron chi connectivity index (χ0n) is 14.1. The van der Waals surface area contributed by atoms with Gasteiger partial charge >= 0.3 is 0 Å². The molecule has 0 bridgehead atoms. The van der Waals surface area contributed by atoms with Crippen LogP contribution in [0.2, 0.25) is 0 Å². The van der Waals surface area contributed by atoms with Gasteiger partial charge in [-0.05, 0) is 31.5 Å². The summed E-state index contributed by atoms with van der Waals surface area (Å²) in [5.74, 6) is -0.328. The average Bonchev–Trinajstić information content (AvgIpc) is 3.16. The number of aromatic amines is 1. The van der Waals surface area contributed by atoms with Crippen molar-refractivity contribution in [2.75, 3.05) is 13.1 Å². The maximum absolute atomic E-state index is 13.1. The molecule has 25 heavy (non-hydrogen) atoms. The molecule has 1 aliphatic heterocycles. The van der Waals surface area contributed by atoms with Crippen molar-refractivity contribution in [3.63, 3.8) is 0 Å². The summed E-state index contributed by atoms with van der Waals surface area (Å²) in [6.45, 7) is 4.65. The lowest BCUT2D eigenvalue weighted by Gasteiger charge is -2.35. The normalized spacial score (nSPS) is 17.8. The van der Waals surface area contributed by atoms with Crippen molar-refractivity contribution in [2.24, 2.45) is 0 Å². The SMILES string of the molecule is Cc1c[nH]cc1C(=O)N1CCNC(=O)C1c1c(C)nc2ccccn12. The van der Waals surface area contributed by atoms with E-state index < -0.39 is 6.04 Å². The van der Waals surface area contributed by atoms with Gasteiger partial charge in [0.2, 0.25) is 5.91 Å². The van der Waals surface area contributed by atoms with Crippen LogP contribution in [0.4, 0.5) is 0 Å². The second-order valence-corrected chi connectivity index (χ2v) is 6.26. The molecule has 1 unspecified atom stereocenters. The number of aryl methyl sites for hydroxylation is 2. The standard InChI is InChI=1S/C18H19N5O2/c1-11-9-19-10-13(11)18(25)23-8-6-20-17(24)16(23)15-12(2)21-14-5-3-4-7-22(14)15/h3-5,7,9-10,16,19H,6,8H2,1-2H3,(H,20,24). The fourth-order valence-electron chi connectivity index (χ4n) is 3.45. The number of pyridine rings is 1. The van der Waals surface area contributed by atoms with E-state index in [1.165, 1.54) is 0 Å². The molecule has 4 heterocycles. The van der Waals surface area contributed by atoms with Crippen LogP contribution >= 0.6 is 0 Å². The summed E-state index contributed by atoms with van der Waals surface area (Å²) in [4.78, 5) is 34.9. The summed E-state index contributed by atoms with van der Waals surface area (Å²) in [7, 11) is 0. The predicted octanol–water partition coefficient (Wildman–Crippen LogP) is 1.59. The molecule has 2 N–H and O–H groups in total. The molecule has 7 nitrogen and oxygen atoms in total. The van der Waals surface area contributed by atoms with Crippen molar-refractivity contribution >= 4 is 17.5 Å². The molecule has 1 saturated heterocycles. The monoisotopic (exact) mass is 337 g/mol. The Labute approximate surface area is 144 Å². The highest BCUT2D eigenvalue weighted by molar-refractivity contribution is 5.99. The van der Waals surface area contributed by atoms with E-state index in [1.54, 1.807) is 17.3 Å². The Morgan fingerprint density at radius 1 is 1.28 bits per heavy atom. The minimum absolute atomic E-state index is 0.149. The van der Waals surface area contributed by atoms with Crippen molar-refractivity contribution in [2.45, 2.75) is 19.9 Å². The topological polar surface area (TPSA) is 82.5 Å². The Morgan fingerprint density at radius 3 is 2.88 bits per heavy atom. The number of hydrogen-bond donors (Lipinski definition) is 2. The Morgan fingerprint density at radius 2 is 2.12 bits per heavy atom. The van der Waals surface area contributed by atoms with Gasteiger partial charge in [0.1, 0.15) is 5.65 Å². The molecule has 0 radical (unpaired) electrons. The van der Waals surface area contributed by atoms with E-state index in [0.717, 1.165) is 22.6 Å². The van der Waals surface area contributed by atoms with Gasteiger partial charge in [-0.25, -0.2) is 4.98 Å². The molecule has 1 atom stereocenters. The molecule has 2 amide bonds. The number of amides is 2. The van der Waals surface area contributed by atoms with Crippen LogP contribution in [-0.4, -0.2) is 44.2 Å². The number of carbonyl (C=O) groups is 2. The molecule has 1 fully saturated rings. The predicted molar refractivity (Wildman–Crippen MR) is 92.2 cm³/mol. The zero-order valence-corrected chi connectivity index (χ0v) is 14.1. The van der Waals surface area contributed by atoms with Crippen LogP contribution in [0.3, 0.4) is 0 Å². The van der Waals surface area contributed by atoms with Crippen LogP contribution in [0.15, 0.2) is 36.8 Å². The van der Waals surface area contributed by atoms with Gasteiger partial charge in [-0.2, -0.15) is 0 Å². The maximum atomic E-state index is 13.1. The smallest absolute Gasteiger partial charge is 0.256 e. The van der Waals surface area contributed by atoms with E-state index in [-0.39, 0.29) is 11.8 Å². The number of H-pyrrole nitrogens is 1. The number of rotatable bonds is 2. The Hall–Kier alpha value is -3.09. The third kappa shape index (κ3) is 2.39. The highest BCUT2D eigenvalue weighted by Crippen LogP contribution is 2.29. The van der Waals surface area contributed by atoms with Crippen LogP contribution in [0.5, 0.6) is 0 Å². The first-order chi connectivity index (χ1) is 12.1. The third-order valence-electron chi connectivity index (χ3n) is 4.67. The molecule has 1 aliphatic rings. The van der Waals surface area contributed by atoms with Gasteiger partial charge in [0.15, 0.2) is 6.04 Å². The largest absolute Gasteiger partial charge is 0.367 e. The lowest BCUT2D eigenvalue weighted by atomic mass is 10.0. The van der Waals surface area contributed by atoms with Crippen molar-refractivity contribution in [3.05, 3.63) is 59.3 Å². The Bertz CT molecular complexity index is 971. The number of carbonyl (C=O) groups excluding carboxylic acids is 2. The number of imidazole rings is 1. The summed E-state index contributed by atoms with van der Waals surface area (Å²) in [5.41, 5.74) is 3.69. The molecule has 3 aromatic rings. The van der Waals surface area contributed by atoms with Gasteiger partial charge in [-0.1, -0.05) is 6.07 Å². The van der Waals surface area contributed by atoms with Gasteiger partial charge in [0.05, 0.1) is 17.0 Å².